The molecule has 1 aromatic carbocycles. The zero-order chi connectivity index (χ0) is 12.7. The van der Waals surface area contributed by atoms with E-state index in [0.717, 1.165) is 19.3 Å². The van der Waals surface area contributed by atoms with Crippen LogP contribution in [-0.2, 0) is 0 Å². The molecule has 0 aromatic heterocycles. The number of benzene rings is 1. The smallest absolute Gasteiger partial charge is 0.186 e. The van der Waals surface area contributed by atoms with E-state index in [-0.39, 0.29) is 24.4 Å². The van der Waals surface area contributed by atoms with Crippen LogP contribution in [0.2, 0.25) is 0 Å². The Morgan fingerprint density at radius 2 is 1.78 bits per heavy atom. The van der Waals surface area contributed by atoms with Gasteiger partial charge in [0.2, 0.25) is 0 Å². The van der Waals surface area contributed by atoms with Gasteiger partial charge in [-0.1, -0.05) is 50.6 Å². The van der Waals surface area contributed by atoms with Crippen LogP contribution in [0, 0.1) is 0 Å². The third kappa shape index (κ3) is 4.96. The molecule has 4 heteroatoms. The Balaban J connectivity index is 0.00000289. The molecule has 0 saturated carbocycles. The molecule has 0 heterocycles. The second-order valence-corrected chi connectivity index (χ2v) is 4.34. The molecule has 0 aliphatic heterocycles. The van der Waals surface area contributed by atoms with Gasteiger partial charge in [-0.2, -0.15) is 0 Å². The standard InChI is InChI=1S/C14H23N3.ClH/c1-3-8-12(11-9-6-5-7-10-11)13(4-2)17-14(15)16;/h5-7,9-10,12-13H,3-4,8H2,1-2H3,(H4,15,16,17);1H. The van der Waals surface area contributed by atoms with Crippen molar-refractivity contribution in [2.45, 2.75) is 45.1 Å². The number of nitrogens with zero attached hydrogens (tertiary/aromatic N) is 1. The molecule has 18 heavy (non-hydrogen) atoms. The number of guanidine groups is 1. The molecule has 0 amide bonds. The van der Waals surface area contributed by atoms with E-state index in [4.69, 9.17) is 11.5 Å². The van der Waals surface area contributed by atoms with Crippen LogP contribution in [0.1, 0.15) is 44.6 Å². The fourth-order valence-corrected chi connectivity index (χ4v) is 2.25. The molecule has 0 fully saturated rings. The molecular weight excluding hydrogens is 246 g/mol. The molecular formula is C14H24ClN3. The molecule has 0 aliphatic carbocycles. The lowest BCUT2D eigenvalue weighted by atomic mass is 9.86. The van der Waals surface area contributed by atoms with E-state index in [2.05, 4.69) is 43.1 Å². The summed E-state index contributed by atoms with van der Waals surface area (Å²) >= 11 is 0. The second-order valence-electron chi connectivity index (χ2n) is 4.34. The van der Waals surface area contributed by atoms with Gasteiger partial charge >= 0.3 is 0 Å². The number of aliphatic imine (C=N–C) groups is 1. The minimum atomic E-state index is 0. The van der Waals surface area contributed by atoms with E-state index in [1.54, 1.807) is 0 Å². The van der Waals surface area contributed by atoms with Crippen LogP contribution in [0.4, 0.5) is 0 Å². The summed E-state index contributed by atoms with van der Waals surface area (Å²) < 4.78 is 0. The normalized spacial score (nSPS) is 13.2. The van der Waals surface area contributed by atoms with Crippen LogP contribution in [0.15, 0.2) is 35.3 Å². The summed E-state index contributed by atoms with van der Waals surface area (Å²) in [5.74, 6) is 0.599. The summed E-state index contributed by atoms with van der Waals surface area (Å²) in [5, 5.41) is 0. The van der Waals surface area contributed by atoms with Crippen LogP contribution in [0.3, 0.4) is 0 Å². The SMILES string of the molecule is CCCC(c1ccccc1)C(CC)N=C(N)N.Cl. The van der Waals surface area contributed by atoms with E-state index >= 15 is 0 Å². The zero-order valence-electron chi connectivity index (χ0n) is 11.2. The quantitative estimate of drug-likeness (QED) is 0.616. The van der Waals surface area contributed by atoms with E-state index in [9.17, 15) is 0 Å². The third-order valence-corrected chi connectivity index (χ3v) is 3.03. The van der Waals surface area contributed by atoms with Gasteiger partial charge in [-0.25, -0.2) is 4.99 Å². The number of hydrogen-bond acceptors (Lipinski definition) is 1. The lowest BCUT2D eigenvalue weighted by molar-refractivity contribution is 0.485. The van der Waals surface area contributed by atoms with Crippen molar-refractivity contribution < 1.29 is 0 Å². The molecule has 2 unspecified atom stereocenters. The summed E-state index contributed by atoms with van der Waals surface area (Å²) in [5.41, 5.74) is 12.3. The molecule has 102 valence electrons. The fourth-order valence-electron chi connectivity index (χ4n) is 2.25. The first-order valence-electron chi connectivity index (χ1n) is 6.32. The topological polar surface area (TPSA) is 64.4 Å². The Morgan fingerprint density at radius 3 is 2.22 bits per heavy atom. The van der Waals surface area contributed by atoms with Crippen molar-refractivity contribution in [1.29, 1.82) is 0 Å². The van der Waals surface area contributed by atoms with Crippen molar-refractivity contribution in [3.8, 4) is 0 Å². The van der Waals surface area contributed by atoms with Crippen LogP contribution >= 0.6 is 12.4 Å². The maximum atomic E-state index is 5.51. The predicted molar refractivity (Wildman–Crippen MR) is 81.2 cm³/mol. The van der Waals surface area contributed by atoms with Crippen LogP contribution in [0.5, 0.6) is 0 Å². The molecule has 0 spiro atoms. The Morgan fingerprint density at radius 1 is 1.17 bits per heavy atom. The molecule has 1 aromatic rings. The Kier molecular flexibility index (Phi) is 8.21. The number of rotatable bonds is 6. The summed E-state index contributed by atoms with van der Waals surface area (Å²) in [4.78, 5) is 4.36. The highest BCUT2D eigenvalue weighted by Crippen LogP contribution is 2.28. The number of hydrogen-bond donors (Lipinski definition) is 2. The average Bonchev–Trinajstić information content (AvgIpc) is 2.34. The molecule has 0 radical (unpaired) electrons. The fraction of sp³-hybridized carbons (Fsp3) is 0.500. The van der Waals surface area contributed by atoms with Gasteiger partial charge in [-0.3, -0.25) is 0 Å². The van der Waals surface area contributed by atoms with Gasteiger partial charge in [0.05, 0.1) is 6.04 Å². The van der Waals surface area contributed by atoms with Crippen LogP contribution in [-0.4, -0.2) is 12.0 Å². The van der Waals surface area contributed by atoms with E-state index in [0.29, 0.717) is 5.92 Å². The summed E-state index contributed by atoms with van der Waals surface area (Å²) in [6.45, 7) is 4.32. The van der Waals surface area contributed by atoms with E-state index in [1.807, 2.05) is 6.07 Å². The molecule has 4 N–H and O–H groups in total. The third-order valence-electron chi connectivity index (χ3n) is 3.03. The largest absolute Gasteiger partial charge is 0.370 e. The first-order chi connectivity index (χ1) is 8.19. The van der Waals surface area contributed by atoms with Crippen molar-refractivity contribution in [2.24, 2.45) is 16.5 Å². The lowest BCUT2D eigenvalue weighted by Crippen LogP contribution is -2.28. The van der Waals surface area contributed by atoms with Gasteiger partial charge in [-0.15, -0.1) is 12.4 Å². The summed E-state index contributed by atoms with van der Waals surface area (Å²) in [6, 6.07) is 10.7. The molecule has 0 aliphatic rings. The van der Waals surface area contributed by atoms with Crippen molar-refractivity contribution >= 4 is 18.4 Å². The molecule has 1 rings (SSSR count). The van der Waals surface area contributed by atoms with Gasteiger partial charge in [0, 0.05) is 5.92 Å². The van der Waals surface area contributed by atoms with Crippen molar-refractivity contribution in [2.75, 3.05) is 0 Å². The highest BCUT2D eigenvalue weighted by Gasteiger charge is 2.20. The Hall–Kier alpha value is -1.22. The van der Waals surface area contributed by atoms with Crippen molar-refractivity contribution in [3.05, 3.63) is 35.9 Å². The van der Waals surface area contributed by atoms with E-state index in [1.165, 1.54) is 5.56 Å². The first kappa shape index (κ1) is 16.8. The van der Waals surface area contributed by atoms with Crippen molar-refractivity contribution in [3.63, 3.8) is 0 Å². The minimum Gasteiger partial charge on any atom is -0.370 e. The first-order valence-corrected chi connectivity index (χ1v) is 6.32. The van der Waals surface area contributed by atoms with Crippen molar-refractivity contribution in [1.82, 2.24) is 0 Å². The molecule has 3 nitrogen and oxygen atoms in total. The summed E-state index contributed by atoms with van der Waals surface area (Å²) in [7, 11) is 0. The molecule has 0 bridgehead atoms. The average molecular weight is 270 g/mol. The van der Waals surface area contributed by atoms with Gasteiger partial charge in [0.1, 0.15) is 0 Å². The number of nitrogens with two attached hydrogens (primary N) is 2. The maximum absolute atomic E-state index is 5.51. The van der Waals surface area contributed by atoms with Gasteiger partial charge in [-0.05, 0) is 18.4 Å². The van der Waals surface area contributed by atoms with Gasteiger partial charge in [0.25, 0.3) is 0 Å². The van der Waals surface area contributed by atoms with Gasteiger partial charge in [0.15, 0.2) is 5.96 Å². The second kappa shape index (κ2) is 8.81. The lowest BCUT2D eigenvalue weighted by Gasteiger charge is -2.23. The van der Waals surface area contributed by atoms with Crippen LogP contribution < -0.4 is 11.5 Å². The zero-order valence-corrected chi connectivity index (χ0v) is 12.0. The van der Waals surface area contributed by atoms with Gasteiger partial charge < -0.3 is 11.5 Å². The predicted octanol–water partition coefficient (Wildman–Crippen LogP) is 3.04. The Bertz CT molecular complexity index is 347. The molecule has 0 saturated heterocycles. The highest BCUT2D eigenvalue weighted by molar-refractivity contribution is 5.85. The monoisotopic (exact) mass is 269 g/mol. The van der Waals surface area contributed by atoms with Crippen LogP contribution in [0.25, 0.3) is 0 Å². The minimum absolute atomic E-state index is 0. The number of halogens is 1. The summed E-state index contributed by atoms with van der Waals surface area (Å²) in [6.07, 6.45) is 3.20. The highest BCUT2D eigenvalue weighted by atomic mass is 35.5. The Labute approximate surface area is 116 Å². The van der Waals surface area contributed by atoms with E-state index < -0.39 is 0 Å². The molecule has 2 atom stereocenters. The maximum Gasteiger partial charge on any atom is 0.186 e.